The highest BCUT2D eigenvalue weighted by Crippen LogP contribution is 2.39. The smallest absolute Gasteiger partial charge is 0.273 e. The van der Waals surface area contributed by atoms with Gasteiger partial charge in [0.05, 0.1) is 24.0 Å². The summed E-state index contributed by atoms with van der Waals surface area (Å²) in [7, 11) is 0. The first-order valence-electron chi connectivity index (χ1n) is 8.55. The molecule has 0 atom stereocenters. The van der Waals surface area contributed by atoms with Crippen molar-refractivity contribution in [2.24, 2.45) is 0 Å². The van der Waals surface area contributed by atoms with Gasteiger partial charge in [-0.1, -0.05) is 5.21 Å². The van der Waals surface area contributed by atoms with Crippen molar-refractivity contribution in [1.29, 1.82) is 0 Å². The van der Waals surface area contributed by atoms with Gasteiger partial charge in [0, 0.05) is 19.3 Å². The minimum absolute atomic E-state index is 0.303. The Morgan fingerprint density at radius 2 is 1.96 bits per heavy atom. The van der Waals surface area contributed by atoms with Crippen molar-refractivity contribution in [3.63, 3.8) is 0 Å². The molecule has 1 N–H and O–H groups in total. The molecule has 0 spiro atoms. The molecule has 0 amide bonds. The fraction of sp³-hybridized carbons (Fsp3) is 0.333. The summed E-state index contributed by atoms with van der Waals surface area (Å²) in [6.45, 7) is 0.973. The third-order valence-electron chi connectivity index (χ3n) is 4.38. The van der Waals surface area contributed by atoms with E-state index in [1.165, 1.54) is 23.6 Å². The van der Waals surface area contributed by atoms with Crippen molar-refractivity contribution >= 4 is 5.95 Å². The lowest BCUT2D eigenvalue weighted by Gasteiger charge is -2.12. The molecule has 9 heteroatoms. The van der Waals surface area contributed by atoms with E-state index < -0.39 is 17.3 Å². The number of hydrogen-bond acceptors (Lipinski definition) is 5. The average Bonchev–Trinajstić information content (AvgIpc) is 3.38. The Balaban J connectivity index is 1.45. The van der Waals surface area contributed by atoms with Gasteiger partial charge in [0.25, 0.3) is 5.92 Å². The van der Waals surface area contributed by atoms with Crippen LogP contribution in [-0.4, -0.2) is 25.0 Å². The molecule has 0 unspecified atom stereocenters. The van der Waals surface area contributed by atoms with Gasteiger partial charge in [0.15, 0.2) is 0 Å². The van der Waals surface area contributed by atoms with Crippen LogP contribution in [0.1, 0.15) is 42.5 Å². The van der Waals surface area contributed by atoms with Gasteiger partial charge in [0.1, 0.15) is 11.5 Å². The fourth-order valence-corrected chi connectivity index (χ4v) is 2.72. The number of rotatable bonds is 6. The Morgan fingerprint density at radius 1 is 1.22 bits per heavy atom. The summed E-state index contributed by atoms with van der Waals surface area (Å²) in [6, 6.07) is 3.44. The molecule has 6 nitrogen and oxygen atoms in total. The summed E-state index contributed by atoms with van der Waals surface area (Å²) in [6.07, 6.45) is 7.59. The molecule has 2 aromatic heterocycles. The van der Waals surface area contributed by atoms with Crippen LogP contribution in [0.25, 0.3) is 5.69 Å². The van der Waals surface area contributed by atoms with Gasteiger partial charge in [0.2, 0.25) is 5.95 Å². The Labute approximate surface area is 153 Å². The van der Waals surface area contributed by atoms with Gasteiger partial charge in [-0.2, -0.15) is 0 Å². The lowest BCUT2D eigenvalue weighted by Crippen LogP contribution is -2.11. The van der Waals surface area contributed by atoms with Gasteiger partial charge in [-0.3, -0.25) is 0 Å². The zero-order valence-corrected chi connectivity index (χ0v) is 14.5. The maximum atomic E-state index is 13.6. The second kappa shape index (κ2) is 6.64. The third-order valence-corrected chi connectivity index (χ3v) is 4.38. The molecule has 1 fully saturated rings. The Bertz CT molecular complexity index is 944. The van der Waals surface area contributed by atoms with E-state index >= 15 is 0 Å². The molecule has 27 heavy (non-hydrogen) atoms. The summed E-state index contributed by atoms with van der Waals surface area (Å²) >= 11 is 0. The summed E-state index contributed by atoms with van der Waals surface area (Å²) in [5, 5.41) is 10.9. The van der Waals surface area contributed by atoms with Crippen molar-refractivity contribution in [3.8, 4) is 5.69 Å². The lowest BCUT2D eigenvalue weighted by molar-refractivity contribution is 0.0137. The van der Waals surface area contributed by atoms with E-state index in [1.807, 2.05) is 12.4 Å². The SMILES string of the molecule is CC(F)(F)c1cc(-n2cc(CNc3ncc(C4CC4)cn3)nn2)ccc1F. The number of anilines is 1. The highest BCUT2D eigenvalue weighted by molar-refractivity contribution is 5.38. The van der Waals surface area contributed by atoms with Crippen LogP contribution in [0.4, 0.5) is 19.1 Å². The number of nitrogens with zero attached hydrogens (tertiary/aromatic N) is 5. The number of halogens is 3. The maximum Gasteiger partial charge on any atom is 0.273 e. The van der Waals surface area contributed by atoms with E-state index in [-0.39, 0.29) is 0 Å². The quantitative estimate of drug-likeness (QED) is 0.711. The van der Waals surface area contributed by atoms with Crippen LogP contribution in [0.5, 0.6) is 0 Å². The molecule has 0 bridgehead atoms. The molecule has 0 saturated heterocycles. The fourth-order valence-electron chi connectivity index (χ4n) is 2.72. The van der Waals surface area contributed by atoms with Crippen LogP contribution < -0.4 is 5.32 Å². The van der Waals surface area contributed by atoms with E-state index in [0.29, 0.717) is 36.7 Å². The standard InChI is InChI=1S/C18H17F3N6/c1-18(20,21)15-6-14(4-5-16(15)19)27-10-13(25-26-27)9-24-17-22-7-12(8-23-17)11-2-3-11/h4-8,10-11H,2-3,9H2,1H3,(H,22,23,24). The van der Waals surface area contributed by atoms with Crippen LogP contribution >= 0.6 is 0 Å². The molecule has 2 heterocycles. The second-order valence-electron chi connectivity index (χ2n) is 6.67. The molecular weight excluding hydrogens is 357 g/mol. The van der Waals surface area contributed by atoms with E-state index in [1.54, 1.807) is 6.20 Å². The number of alkyl halides is 2. The third kappa shape index (κ3) is 3.91. The Morgan fingerprint density at radius 3 is 2.63 bits per heavy atom. The van der Waals surface area contributed by atoms with E-state index in [0.717, 1.165) is 17.7 Å². The molecule has 1 aliphatic carbocycles. The van der Waals surface area contributed by atoms with Gasteiger partial charge in [-0.25, -0.2) is 27.8 Å². The normalized spacial score (nSPS) is 14.4. The molecule has 4 rings (SSSR count). The number of nitrogens with one attached hydrogen (secondary N) is 1. The number of hydrogen-bond donors (Lipinski definition) is 1. The summed E-state index contributed by atoms with van der Waals surface area (Å²) < 4.78 is 41.9. The molecule has 1 saturated carbocycles. The van der Waals surface area contributed by atoms with Crippen LogP contribution in [0, 0.1) is 5.82 Å². The van der Waals surface area contributed by atoms with Gasteiger partial charge < -0.3 is 5.32 Å². The van der Waals surface area contributed by atoms with Crippen molar-refractivity contribution < 1.29 is 13.2 Å². The first-order valence-corrected chi connectivity index (χ1v) is 8.55. The van der Waals surface area contributed by atoms with E-state index in [2.05, 4.69) is 25.6 Å². The van der Waals surface area contributed by atoms with Gasteiger partial charge in [-0.15, -0.1) is 5.10 Å². The minimum Gasteiger partial charge on any atom is -0.348 e. The highest BCUT2D eigenvalue weighted by Gasteiger charge is 2.28. The molecule has 140 valence electrons. The van der Waals surface area contributed by atoms with Crippen molar-refractivity contribution in [3.05, 3.63) is 59.4 Å². The van der Waals surface area contributed by atoms with Crippen molar-refractivity contribution in [2.45, 2.75) is 38.2 Å². The lowest BCUT2D eigenvalue weighted by atomic mass is 10.1. The zero-order chi connectivity index (χ0) is 19.0. The maximum absolute atomic E-state index is 13.6. The first-order chi connectivity index (χ1) is 12.9. The van der Waals surface area contributed by atoms with E-state index in [4.69, 9.17) is 0 Å². The second-order valence-corrected chi connectivity index (χ2v) is 6.67. The van der Waals surface area contributed by atoms with Crippen molar-refractivity contribution in [1.82, 2.24) is 25.0 Å². The molecule has 3 aromatic rings. The highest BCUT2D eigenvalue weighted by atomic mass is 19.3. The molecule has 1 aliphatic rings. The largest absolute Gasteiger partial charge is 0.348 e. The zero-order valence-electron chi connectivity index (χ0n) is 14.5. The molecular formula is C18H17F3N6. The Hall–Kier alpha value is -2.97. The Kier molecular flexibility index (Phi) is 4.29. The molecule has 1 aromatic carbocycles. The van der Waals surface area contributed by atoms with Crippen LogP contribution in [0.3, 0.4) is 0 Å². The average molecular weight is 374 g/mol. The molecule has 0 radical (unpaired) electrons. The minimum atomic E-state index is -3.28. The predicted molar refractivity (Wildman–Crippen MR) is 92.2 cm³/mol. The van der Waals surface area contributed by atoms with E-state index in [9.17, 15) is 13.2 Å². The summed E-state index contributed by atoms with van der Waals surface area (Å²) in [5.41, 5.74) is 1.33. The predicted octanol–water partition coefficient (Wildman–Crippen LogP) is 3.80. The molecule has 0 aliphatic heterocycles. The van der Waals surface area contributed by atoms with Crippen LogP contribution in [-0.2, 0) is 12.5 Å². The van der Waals surface area contributed by atoms with Gasteiger partial charge >= 0.3 is 0 Å². The van der Waals surface area contributed by atoms with Crippen LogP contribution in [0.2, 0.25) is 0 Å². The monoisotopic (exact) mass is 374 g/mol. The number of benzene rings is 1. The van der Waals surface area contributed by atoms with Crippen molar-refractivity contribution in [2.75, 3.05) is 5.32 Å². The number of aromatic nitrogens is 5. The summed E-state index contributed by atoms with van der Waals surface area (Å²) in [4.78, 5) is 8.53. The topological polar surface area (TPSA) is 68.5 Å². The van der Waals surface area contributed by atoms with Crippen LogP contribution in [0.15, 0.2) is 36.8 Å². The first kappa shape index (κ1) is 17.4. The summed E-state index contributed by atoms with van der Waals surface area (Å²) in [5.74, 6) is -3.17. The van der Waals surface area contributed by atoms with Gasteiger partial charge in [-0.05, 0) is 42.5 Å².